The highest BCUT2D eigenvalue weighted by molar-refractivity contribution is 7.07. The van der Waals surface area contributed by atoms with E-state index in [1.165, 1.54) is 36.3 Å². The van der Waals surface area contributed by atoms with Crippen LogP contribution in [-0.4, -0.2) is 43.9 Å². The Morgan fingerprint density at radius 2 is 1.80 bits per heavy atom. The summed E-state index contributed by atoms with van der Waals surface area (Å²) in [5.74, 6) is 0.616. The lowest BCUT2D eigenvalue weighted by molar-refractivity contribution is -0.139. The highest BCUT2D eigenvalue weighted by Gasteiger charge is 2.34. The van der Waals surface area contributed by atoms with Crippen LogP contribution in [0.5, 0.6) is 11.5 Å². The van der Waals surface area contributed by atoms with Crippen molar-refractivity contribution in [2.75, 3.05) is 38.3 Å². The van der Waals surface area contributed by atoms with Crippen molar-refractivity contribution in [1.82, 2.24) is 4.57 Å². The third-order valence-corrected chi connectivity index (χ3v) is 8.22. The van der Waals surface area contributed by atoms with Gasteiger partial charge in [-0.1, -0.05) is 29.5 Å². The standard InChI is InChI=1S/C31H35N3O5S/c1-5-38-25-19-22(12-15-24(25)37-4)28-27(30(36)39-6-2)20(3)32-31-34(28)29(35)26(40-31)18-21-10-13-23(14-11-21)33-16-8-7-9-17-33/h10-15,18-19,28H,5-9,16-17H2,1-4H3/b26-18+/t28-/m1/s1. The first-order valence-electron chi connectivity index (χ1n) is 13.8. The molecule has 1 saturated heterocycles. The quantitative estimate of drug-likeness (QED) is 0.384. The van der Waals surface area contributed by atoms with Crippen LogP contribution in [0.3, 0.4) is 0 Å². The number of ether oxygens (including phenoxy) is 3. The summed E-state index contributed by atoms with van der Waals surface area (Å²) >= 11 is 1.32. The lowest BCUT2D eigenvalue weighted by atomic mass is 9.95. The maximum Gasteiger partial charge on any atom is 0.338 e. The summed E-state index contributed by atoms with van der Waals surface area (Å²) in [4.78, 5) is 34.7. The van der Waals surface area contributed by atoms with Crippen LogP contribution in [0.4, 0.5) is 5.69 Å². The molecule has 2 aromatic carbocycles. The van der Waals surface area contributed by atoms with Gasteiger partial charge in [0.25, 0.3) is 5.56 Å². The summed E-state index contributed by atoms with van der Waals surface area (Å²) < 4.78 is 18.8. The average molecular weight is 562 g/mol. The summed E-state index contributed by atoms with van der Waals surface area (Å²) in [5, 5.41) is 0. The zero-order valence-corrected chi connectivity index (χ0v) is 24.3. The van der Waals surface area contributed by atoms with E-state index in [-0.39, 0.29) is 12.2 Å². The number of benzene rings is 2. The van der Waals surface area contributed by atoms with Crippen LogP contribution >= 0.6 is 11.3 Å². The second kappa shape index (κ2) is 12.1. The molecule has 0 saturated carbocycles. The number of carbonyl (C=O) groups is 1. The van der Waals surface area contributed by atoms with E-state index >= 15 is 0 Å². The fourth-order valence-corrected chi connectivity index (χ4v) is 6.37. The van der Waals surface area contributed by atoms with Gasteiger partial charge in [-0.05, 0) is 81.5 Å². The Labute approximate surface area is 237 Å². The Kier molecular flexibility index (Phi) is 8.40. The van der Waals surface area contributed by atoms with E-state index in [4.69, 9.17) is 14.2 Å². The van der Waals surface area contributed by atoms with Gasteiger partial charge >= 0.3 is 5.97 Å². The van der Waals surface area contributed by atoms with Crippen molar-refractivity contribution in [3.63, 3.8) is 0 Å². The van der Waals surface area contributed by atoms with Gasteiger partial charge in [-0.25, -0.2) is 9.79 Å². The van der Waals surface area contributed by atoms with Crippen molar-refractivity contribution >= 4 is 29.1 Å². The number of nitrogens with zero attached hydrogens (tertiary/aromatic N) is 3. The molecule has 2 aliphatic rings. The number of hydrogen-bond acceptors (Lipinski definition) is 8. The minimum absolute atomic E-state index is 0.211. The molecule has 0 bridgehead atoms. The molecule has 1 fully saturated rings. The molecule has 0 amide bonds. The number of esters is 1. The van der Waals surface area contributed by atoms with E-state index < -0.39 is 12.0 Å². The van der Waals surface area contributed by atoms with Crippen molar-refractivity contribution in [3.05, 3.63) is 84.5 Å². The largest absolute Gasteiger partial charge is 0.493 e. The van der Waals surface area contributed by atoms with E-state index in [2.05, 4.69) is 22.0 Å². The minimum Gasteiger partial charge on any atom is -0.493 e. The van der Waals surface area contributed by atoms with Crippen LogP contribution in [-0.2, 0) is 9.53 Å². The number of carbonyl (C=O) groups excluding carboxylic acids is 1. The van der Waals surface area contributed by atoms with Gasteiger partial charge in [0.05, 0.1) is 42.2 Å². The first-order chi connectivity index (χ1) is 19.4. The third kappa shape index (κ3) is 5.43. The maximum absolute atomic E-state index is 13.9. The maximum atomic E-state index is 13.9. The first-order valence-corrected chi connectivity index (χ1v) is 14.6. The minimum atomic E-state index is -0.718. The predicted molar refractivity (Wildman–Crippen MR) is 157 cm³/mol. The predicted octanol–water partition coefficient (Wildman–Crippen LogP) is 4.20. The van der Waals surface area contributed by atoms with Gasteiger partial charge in [-0.15, -0.1) is 0 Å². The van der Waals surface area contributed by atoms with Crippen LogP contribution in [0, 0.1) is 0 Å². The number of rotatable bonds is 8. The van der Waals surface area contributed by atoms with Gasteiger partial charge in [0, 0.05) is 18.8 Å². The second-order valence-corrected chi connectivity index (χ2v) is 10.8. The molecule has 9 heteroatoms. The molecule has 0 radical (unpaired) electrons. The van der Waals surface area contributed by atoms with Gasteiger partial charge in [-0.2, -0.15) is 0 Å². The van der Waals surface area contributed by atoms with E-state index in [1.807, 2.05) is 37.3 Å². The number of aromatic nitrogens is 1. The molecule has 0 spiro atoms. The van der Waals surface area contributed by atoms with E-state index in [0.29, 0.717) is 44.3 Å². The normalized spacial score (nSPS) is 17.4. The zero-order valence-electron chi connectivity index (χ0n) is 23.4. The number of allylic oxidation sites excluding steroid dienone is 1. The number of piperidine rings is 1. The topological polar surface area (TPSA) is 82.4 Å². The van der Waals surface area contributed by atoms with Crippen molar-refractivity contribution < 1.29 is 19.0 Å². The Balaban J connectivity index is 1.61. The summed E-state index contributed by atoms with van der Waals surface area (Å²) in [5.41, 5.74) is 3.50. The van der Waals surface area contributed by atoms with Gasteiger partial charge < -0.3 is 19.1 Å². The summed E-state index contributed by atoms with van der Waals surface area (Å²) in [6.45, 7) is 8.25. The Morgan fingerprint density at radius 1 is 1.05 bits per heavy atom. The molecule has 0 unspecified atom stereocenters. The molecular formula is C31H35N3O5S. The number of fused-ring (bicyclic) bond motifs is 1. The highest BCUT2D eigenvalue weighted by atomic mass is 32.1. The first kappa shape index (κ1) is 27.7. The summed E-state index contributed by atoms with van der Waals surface area (Å²) in [6, 6.07) is 13.1. The zero-order chi connectivity index (χ0) is 28.2. The molecule has 0 aliphatic carbocycles. The summed E-state index contributed by atoms with van der Waals surface area (Å²) in [7, 11) is 1.58. The Bertz CT molecular complexity index is 1600. The van der Waals surface area contributed by atoms with Crippen LogP contribution in [0.1, 0.15) is 57.2 Å². The van der Waals surface area contributed by atoms with E-state index in [9.17, 15) is 9.59 Å². The third-order valence-electron chi connectivity index (χ3n) is 7.23. The van der Waals surface area contributed by atoms with Crippen molar-refractivity contribution in [1.29, 1.82) is 0 Å². The van der Waals surface area contributed by atoms with Gasteiger partial charge in [0.15, 0.2) is 16.3 Å². The summed E-state index contributed by atoms with van der Waals surface area (Å²) in [6.07, 6.45) is 5.62. The highest BCUT2D eigenvalue weighted by Crippen LogP contribution is 2.36. The number of methoxy groups -OCH3 is 1. The molecule has 40 heavy (non-hydrogen) atoms. The van der Waals surface area contributed by atoms with Crippen LogP contribution in [0.25, 0.3) is 6.08 Å². The molecule has 1 atom stereocenters. The Hall–Kier alpha value is -3.85. The molecule has 8 nitrogen and oxygen atoms in total. The van der Waals surface area contributed by atoms with Crippen LogP contribution in [0.2, 0.25) is 0 Å². The van der Waals surface area contributed by atoms with E-state index in [1.54, 1.807) is 31.6 Å². The van der Waals surface area contributed by atoms with Crippen LogP contribution < -0.4 is 29.3 Å². The SMILES string of the molecule is CCOC(=O)C1=C(C)N=c2s/c(=C/c3ccc(N4CCCCC4)cc3)c(=O)n2[C@@H]1c1ccc(OC)c(OCC)c1. The molecule has 5 rings (SSSR count). The van der Waals surface area contributed by atoms with E-state index in [0.717, 1.165) is 18.7 Å². The second-order valence-electron chi connectivity index (χ2n) is 9.78. The van der Waals surface area contributed by atoms with Gasteiger partial charge in [0.2, 0.25) is 0 Å². The average Bonchev–Trinajstić information content (AvgIpc) is 3.27. The van der Waals surface area contributed by atoms with Crippen molar-refractivity contribution in [3.8, 4) is 11.5 Å². The number of anilines is 1. The number of thiazole rings is 1. The lowest BCUT2D eigenvalue weighted by Gasteiger charge is -2.28. The van der Waals surface area contributed by atoms with Gasteiger partial charge in [-0.3, -0.25) is 9.36 Å². The molecule has 3 heterocycles. The van der Waals surface area contributed by atoms with Crippen LogP contribution in [0.15, 0.2) is 63.5 Å². The molecule has 1 aromatic heterocycles. The molecule has 0 N–H and O–H groups in total. The molecule has 2 aliphatic heterocycles. The fraction of sp³-hybridized carbons (Fsp3) is 0.387. The number of hydrogen-bond donors (Lipinski definition) is 0. The monoisotopic (exact) mass is 561 g/mol. The molecular weight excluding hydrogens is 526 g/mol. The smallest absolute Gasteiger partial charge is 0.338 e. The molecule has 3 aromatic rings. The Morgan fingerprint density at radius 3 is 2.48 bits per heavy atom. The fourth-order valence-electron chi connectivity index (χ4n) is 5.32. The van der Waals surface area contributed by atoms with Crippen molar-refractivity contribution in [2.24, 2.45) is 4.99 Å². The molecule has 210 valence electrons. The van der Waals surface area contributed by atoms with Crippen molar-refractivity contribution in [2.45, 2.75) is 46.1 Å². The van der Waals surface area contributed by atoms with Gasteiger partial charge in [0.1, 0.15) is 0 Å². The lowest BCUT2D eigenvalue weighted by Crippen LogP contribution is -2.40.